The lowest BCUT2D eigenvalue weighted by Crippen LogP contribution is -2.48. The zero-order valence-corrected chi connectivity index (χ0v) is 19.0. The highest BCUT2D eigenvalue weighted by molar-refractivity contribution is 7.33. The van der Waals surface area contributed by atoms with Gasteiger partial charge in [-0.3, -0.25) is 14.5 Å². The molecule has 9 rings (SSSR count). The van der Waals surface area contributed by atoms with Crippen molar-refractivity contribution in [2.75, 3.05) is 7.05 Å². The Hall–Kier alpha value is -2.76. The van der Waals surface area contributed by atoms with Gasteiger partial charge in [0.15, 0.2) is 0 Å². The Morgan fingerprint density at radius 2 is 1.44 bits per heavy atom. The van der Waals surface area contributed by atoms with Gasteiger partial charge in [0.25, 0.3) is 0 Å². The van der Waals surface area contributed by atoms with E-state index in [0.29, 0.717) is 11.8 Å². The lowest BCUT2D eigenvalue weighted by Gasteiger charge is -2.52. The van der Waals surface area contributed by atoms with Crippen LogP contribution < -0.4 is 0 Å². The van der Waals surface area contributed by atoms with Gasteiger partial charge in [0.2, 0.25) is 11.8 Å². The van der Waals surface area contributed by atoms with Gasteiger partial charge in [-0.25, -0.2) is 0 Å². The molecule has 32 heavy (non-hydrogen) atoms. The fourth-order valence-electron chi connectivity index (χ4n) is 7.04. The lowest BCUT2D eigenvalue weighted by molar-refractivity contribution is -0.138. The smallest absolute Gasteiger partial charge is 0.233 e. The number of allylic oxidation sites excluding steroid dienone is 4. The van der Waals surface area contributed by atoms with Gasteiger partial charge in [-0.2, -0.15) is 0 Å². The Bertz CT molecular complexity index is 1590. The van der Waals surface area contributed by atoms with Crippen molar-refractivity contribution in [3.8, 4) is 0 Å². The van der Waals surface area contributed by atoms with Gasteiger partial charge < -0.3 is 0 Å². The van der Waals surface area contributed by atoms with Crippen LogP contribution in [-0.4, -0.2) is 23.8 Å². The van der Waals surface area contributed by atoms with Gasteiger partial charge in [-0.1, -0.05) is 48.6 Å². The van der Waals surface area contributed by atoms with Crippen LogP contribution in [0.15, 0.2) is 60.7 Å². The van der Waals surface area contributed by atoms with Crippen LogP contribution in [0.25, 0.3) is 30.3 Å². The number of amides is 2. The number of carbonyl (C=O) groups is 2. The van der Waals surface area contributed by atoms with Crippen molar-refractivity contribution in [1.29, 1.82) is 0 Å². The topological polar surface area (TPSA) is 37.4 Å². The molecule has 1 saturated carbocycles. The summed E-state index contributed by atoms with van der Waals surface area (Å²) in [5, 5.41) is 3.84. The Morgan fingerprint density at radius 1 is 0.781 bits per heavy atom. The number of benzene rings is 2. The summed E-state index contributed by atoms with van der Waals surface area (Å²) >= 11 is 3.76. The first-order chi connectivity index (χ1) is 15.6. The minimum Gasteiger partial charge on any atom is -0.285 e. The van der Waals surface area contributed by atoms with Gasteiger partial charge in [-0.05, 0) is 40.3 Å². The Labute approximate surface area is 192 Å². The molecule has 1 saturated heterocycles. The molecular weight excluding hydrogens is 434 g/mol. The second-order valence-electron chi connectivity index (χ2n) is 9.60. The maximum atomic E-state index is 13.3. The lowest BCUT2D eigenvalue weighted by atomic mass is 9.50. The van der Waals surface area contributed by atoms with Gasteiger partial charge in [0, 0.05) is 33.8 Å². The molecule has 2 fully saturated rings. The summed E-state index contributed by atoms with van der Waals surface area (Å²) in [6, 6.07) is 13.2. The minimum absolute atomic E-state index is 0.0215. The number of hydrogen-bond acceptors (Lipinski definition) is 4. The average Bonchev–Trinajstić information content (AvgIpc) is 3.43. The normalized spacial score (nSPS) is 32.3. The predicted molar refractivity (Wildman–Crippen MR) is 130 cm³/mol. The zero-order chi connectivity index (χ0) is 21.3. The SMILES string of the molecule is CN1C(=O)C2C(C1=O)[C@H]1c3sc4c(sc5cc6ccccc6cc54)c3[C@@H]2C2C=CC=CC21. The molecule has 2 amide bonds. The summed E-state index contributed by atoms with van der Waals surface area (Å²) in [5.41, 5.74) is 1.37. The van der Waals surface area contributed by atoms with E-state index in [1.165, 1.54) is 45.6 Å². The van der Waals surface area contributed by atoms with Crippen molar-refractivity contribution >= 4 is 64.7 Å². The molecule has 5 heteroatoms. The Morgan fingerprint density at radius 3 is 2.19 bits per heavy atom. The van der Waals surface area contributed by atoms with Crippen LogP contribution in [0.1, 0.15) is 22.3 Å². The summed E-state index contributed by atoms with van der Waals surface area (Å²) in [4.78, 5) is 29.3. The van der Waals surface area contributed by atoms with Gasteiger partial charge >= 0.3 is 0 Å². The second-order valence-corrected chi connectivity index (χ2v) is 11.7. The molecule has 6 atom stereocenters. The fourth-order valence-corrected chi connectivity index (χ4v) is 10.1. The predicted octanol–water partition coefficient (Wildman–Crippen LogP) is 6.05. The van der Waals surface area contributed by atoms with Crippen LogP contribution in [0.3, 0.4) is 0 Å². The molecule has 2 aromatic heterocycles. The number of hydrogen-bond donors (Lipinski definition) is 0. The maximum Gasteiger partial charge on any atom is 0.233 e. The van der Waals surface area contributed by atoms with Crippen LogP contribution in [0.5, 0.6) is 0 Å². The van der Waals surface area contributed by atoms with E-state index in [2.05, 4.69) is 60.7 Å². The fraction of sp³-hybridized carbons (Fsp3) is 0.259. The second kappa shape index (κ2) is 5.77. The van der Waals surface area contributed by atoms with Crippen molar-refractivity contribution in [1.82, 2.24) is 4.90 Å². The molecule has 0 spiro atoms. The first-order valence-corrected chi connectivity index (χ1v) is 12.8. The van der Waals surface area contributed by atoms with E-state index in [0.717, 1.165) is 0 Å². The third kappa shape index (κ3) is 1.90. The third-order valence-electron chi connectivity index (χ3n) is 8.31. The van der Waals surface area contributed by atoms with Gasteiger partial charge in [0.1, 0.15) is 0 Å². The first-order valence-electron chi connectivity index (χ1n) is 11.2. The summed E-state index contributed by atoms with van der Waals surface area (Å²) in [6.45, 7) is 0. The third-order valence-corrected chi connectivity index (χ3v) is 11.0. The Balaban J connectivity index is 1.46. The van der Waals surface area contributed by atoms with E-state index in [1.54, 1.807) is 7.05 Å². The van der Waals surface area contributed by atoms with E-state index >= 15 is 0 Å². The van der Waals surface area contributed by atoms with E-state index in [4.69, 9.17) is 0 Å². The van der Waals surface area contributed by atoms with Crippen LogP contribution in [0, 0.1) is 23.7 Å². The number of carbonyl (C=O) groups excluding carboxylic acids is 2. The zero-order valence-electron chi connectivity index (χ0n) is 17.3. The highest BCUT2D eigenvalue weighted by Crippen LogP contribution is 2.68. The van der Waals surface area contributed by atoms with Crippen molar-refractivity contribution in [2.24, 2.45) is 23.7 Å². The molecule has 1 aliphatic heterocycles. The number of fused-ring (bicyclic) bond motifs is 4. The molecule has 2 aromatic carbocycles. The monoisotopic (exact) mass is 453 g/mol. The van der Waals surface area contributed by atoms with Crippen LogP contribution >= 0.6 is 22.7 Å². The van der Waals surface area contributed by atoms with Crippen LogP contribution in [0.4, 0.5) is 0 Å². The van der Waals surface area contributed by atoms with E-state index < -0.39 is 0 Å². The summed E-state index contributed by atoms with van der Waals surface area (Å²) in [5.74, 6) is 0.414. The Kier molecular flexibility index (Phi) is 3.20. The average molecular weight is 454 g/mol. The molecule has 156 valence electrons. The number of likely N-dealkylation sites (tertiary alicyclic amines) is 1. The quantitative estimate of drug-likeness (QED) is 0.304. The van der Waals surface area contributed by atoms with Crippen LogP contribution in [0.2, 0.25) is 0 Å². The summed E-state index contributed by atoms with van der Waals surface area (Å²) in [6.07, 6.45) is 8.83. The molecule has 0 N–H and O–H groups in total. The van der Waals surface area contributed by atoms with Crippen molar-refractivity contribution in [3.05, 3.63) is 71.1 Å². The van der Waals surface area contributed by atoms with Crippen molar-refractivity contribution < 1.29 is 9.59 Å². The largest absolute Gasteiger partial charge is 0.285 e. The summed E-state index contributed by atoms with van der Waals surface area (Å²) in [7, 11) is 1.67. The number of rotatable bonds is 0. The van der Waals surface area contributed by atoms with E-state index in [1.807, 2.05) is 22.7 Å². The van der Waals surface area contributed by atoms with Crippen molar-refractivity contribution in [3.63, 3.8) is 0 Å². The van der Waals surface area contributed by atoms with Gasteiger partial charge in [0.05, 0.1) is 21.2 Å². The van der Waals surface area contributed by atoms with Crippen molar-refractivity contribution in [2.45, 2.75) is 11.8 Å². The molecule has 4 aliphatic carbocycles. The number of thiophene rings is 2. The molecule has 3 nitrogen and oxygen atoms in total. The molecule has 3 heterocycles. The number of imide groups is 1. The number of nitrogens with zero attached hydrogens (tertiary/aromatic N) is 1. The summed E-state index contributed by atoms with van der Waals surface area (Å²) < 4.78 is 4.00. The molecule has 4 aromatic rings. The first kappa shape index (κ1) is 17.8. The maximum absolute atomic E-state index is 13.3. The molecule has 2 bridgehead atoms. The van der Waals surface area contributed by atoms with Crippen LogP contribution in [-0.2, 0) is 9.59 Å². The molecular formula is C27H19NO2S2. The van der Waals surface area contributed by atoms with Gasteiger partial charge in [-0.15, -0.1) is 22.7 Å². The molecule has 4 unspecified atom stereocenters. The standard InChI is InChI=1S/C27H19NO2S2/c1-28-26(29)20-18-14-8-4-5-9-15(14)19(21(20)27(28)30)24-22(18)25-23(32-24)16-10-12-6-2-3-7-13(12)11-17(16)31-25/h2-11,14-15,18-21H,1H3/t14?,15?,18-,19+,20?,21?/m1/s1. The highest BCUT2D eigenvalue weighted by Gasteiger charge is 2.65. The highest BCUT2D eigenvalue weighted by atomic mass is 32.1. The minimum atomic E-state index is -0.218. The van der Waals surface area contributed by atoms with E-state index in [-0.39, 0.29) is 35.5 Å². The van der Waals surface area contributed by atoms with E-state index in [9.17, 15) is 9.59 Å². The molecule has 5 aliphatic rings. The molecule has 0 radical (unpaired) electrons.